The zero-order chi connectivity index (χ0) is 17.5. The quantitative estimate of drug-likeness (QED) is 0.629. The first-order valence-corrected chi connectivity index (χ1v) is 8.89. The number of carbonyl (C=O) groups is 1. The maximum atomic E-state index is 12.1. The van der Waals surface area contributed by atoms with E-state index in [1.54, 1.807) is 7.05 Å². The lowest BCUT2D eigenvalue weighted by Crippen LogP contribution is -2.46. The van der Waals surface area contributed by atoms with Gasteiger partial charge >= 0.3 is 0 Å². The van der Waals surface area contributed by atoms with Crippen LogP contribution < -0.4 is 10.6 Å². The SMILES string of the molecule is CN=C(NCC(=O)NC1CCCCC1)N(C)Cc1cc(Cl)cn1C. The van der Waals surface area contributed by atoms with E-state index in [1.165, 1.54) is 19.3 Å². The van der Waals surface area contributed by atoms with Crippen LogP contribution in [0.25, 0.3) is 0 Å². The smallest absolute Gasteiger partial charge is 0.239 e. The molecule has 24 heavy (non-hydrogen) atoms. The van der Waals surface area contributed by atoms with Gasteiger partial charge in [-0.1, -0.05) is 30.9 Å². The van der Waals surface area contributed by atoms with E-state index in [2.05, 4.69) is 15.6 Å². The van der Waals surface area contributed by atoms with Gasteiger partial charge in [0.1, 0.15) is 0 Å². The lowest BCUT2D eigenvalue weighted by molar-refractivity contribution is -0.120. The zero-order valence-corrected chi connectivity index (χ0v) is 15.6. The molecule has 134 valence electrons. The summed E-state index contributed by atoms with van der Waals surface area (Å²) in [7, 11) is 5.62. The second kappa shape index (κ2) is 8.97. The van der Waals surface area contributed by atoms with Gasteiger partial charge < -0.3 is 20.1 Å². The number of aliphatic imine (C=N–C) groups is 1. The number of hydrogen-bond donors (Lipinski definition) is 2. The molecule has 0 bridgehead atoms. The highest BCUT2D eigenvalue weighted by atomic mass is 35.5. The van der Waals surface area contributed by atoms with E-state index in [0.29, 0.717) is 18.5 Å². The highest BCUT2D eigenvalue weighted by Crippen LogP contribution is 2.17. The average Bonchev–Trinajstić information content (AvgIpc) is 2.86. The molecule has 6 nitrogen and oxygen atoms in total. The third kappa shape index (κ3) is 5.44. The first-order valence-electron chi connectivity index (χ1n) is 8.51. The zero-order valence-electron chi connectivity index (χ0n) is 14.8. The molecular weight excluding hydrogens is 326 g/mol. The maximum absolute atomic E-state index is 12.1. The van der Waals surface area contributed by atoms with Gasteiger partial charge in [-0.05, 0) is 18.9 Å². The van der Waals surface area contributed by atoms with Crippen LogP contribution in [0.3, 0.4) is 0 Å². The molecule has 1 aliphatic rings. The third-order valence-electron chi connectivity index (χ3n) is 4.42. The summed E-state index contributed by atoms with van der Waals surface area (Å²) in [6, 6.07) is 2.26. The molecule has 0 radical (unpaired) electrons. The van der Waals surface area contributed by atoms with Crippen LogP contribution in [0.15, 0.2) is 17.3 Å². The molecule has 2 N–H and O–H groups in total. The van der Waals surface area contributed by atoms with Gasteiger partial charge in [0.25, 0.3) is 0 Å². The number of aromatic nitrogens is 1. The van der Waals surface area contributed by atoms with Crippen molar-refractivity contribution < 1.29 is 4.79 Å². The Kier molecular flexibility index (Phi) is 6.97. The molecular formula is C17H28ClN5O. The number of guanidine groups is 1. The second-order valence-electron chi connectivity index (χ2n) is 6.42. The summed E-state index contributed by atoms with van der Waals surface area (Å²) in [5, 5.41) is 6.95. The van der Waals surface area contributed by atoms with E-state index in [4.69, 9.17) is 11.6 Å². The number of amides is 1. The van der Waals surface area contributed by atoms with Crippen molar-refractivity contribution in [1.29, 1.82) is 0 Å². The second-order valence-corrected chi connectivity index (χ2v) is 6.86. The average molecular weight is 354 g/mol. The summed E-state index contributed by atoms with van der Waals surface area (Å²) in [4.78, 5) is 18.3. The van der Waals surface area contributed by atoms with E-state index in [0.717, 1.165) is 23.6 Å². The summed E-state index contributed by atoms with van der Waals surface area (Å²) in [6.45, 7) is 0.897. The molecule has 0 aromatic carbocycles. The number of nitrogens with one attached hydrogen (secondary N) is 2. The predicted molar refractivity (Wildman–Crippen MR) is 98.3 cm³/mol. The Morgan fingerprint density at radius 1 is 1.42 bits per heavy atom. The fourth-order valence-electron chi connectivity index (χ4n) is 3.11. The lowest BCUT2D eigenvalue weighted by atomic mass is 9.95. The third-order valence-corrected chi connectivity index (χ3v) is 4.63. The molecule has 0 aliphatic heterocycles. The Morgan fingerprint density at radius 2 is 2.12 bits per heavy atom. The van der Waals surface area contributed by atoms with E-state index >= 15 is 0 Å². The number of carbonyl (C=O) groups excluding carboxylic acids is 1. The van der Waals surface area contributed by atoms with Gasteiger partial charge in [0.15, 0.2) is 5.96 Å². The number of rotatable bonds is 5. The monoisotopic (exact) mass is 353 g/mol. The first kappa shape index (κ1) is 18.6. The Balaban J connectivity index is 1.80. The van der Waals surface area contributed by atoms with Gasteiger partial charge in [0.2, 0.25) is 5.91 Å². The molecule has 0 saturated heterocycles. The van der Waals surface area contributed by atoms with Gasteiger partial charge in [-0.25, -0.2) is 0 Å². The Bertz CT molecular complexity index is 578. The minimum absolute atomic E-state index is 0.0263. The van der Waals surface area contributed by atoms with E-state index in [1.807, 2.05) is 35.8 Å². The highest BCUT2D eigenvalue weighted by molar-refractivity contribution is 6.30. The van der Waals surface area contributed by atoms with Crippen LogP contribution in [0.1, 0.15) is 37.8 Å². The molecule has 7 heteroatoms. The lowest BCUT2D eigenvalue weighted by Gasteiger charge is -2.24. The van der Waals surface area contributed by atoms with Crippen LogP contribution in [0.2, 0.25) is 5.02 Å². The molecule has 1 aliphatic carbocycles. The first-order chi connectivity index (χ1) is 11.5. The van der Waals surface area contributed by atoms with Gasteiger partial charge in [-0.15, -0.1) is 0 Å². The van der Waals surface area contributed by atoms with Gasteiger partial charge in [0.05, 0.1) is 18.1 Å². The van der Waals surface area contributed by atoms with Crippen molar-refractivity contribution in [2.45, 2.75) is 44.7 Å². The van der Waals surface area contributed by atoms with Crippen LogP contribution in [0, 0.1) is 0 Å². The van der Waals surface area contributed by atoms with Crippen molar-refractivity contribution >= 4 is 23.5 Å². The minimum Gasteiger partial charge on any atom is -0.352 e. The molecule has 1 heterocycles. The maximum Gasteiger partial charge on any atom is 0.239 e. The van der Waals surface area contributed by atoms with Crippen molar-refractivity contribution in [3.63, 3.8) is 0 Å². The number of nitrogens with zero attached hydrogens (tertiary/aromatic N) is 3. The summed E-state index contributed by atoms with van der Waals surface area (Å²) >= 11 is 6.02. The van der Waals surface area contributed by atoms with Gasteiger partial charge in [0, 0.05) is 39.1 Å². The molecule has 1 aromatic heterocycles. The predicted octanol–water partition coefficient (Wildman–Crippen LogP) is 2.13. The highest BCUT2D eigenvalue weighted by Gasteiger charge is 2.16. The largest absolute Gasteiger partial charge is 0.352 e. The standard InChI is InChI=1S/C17H28ClN5O/c1-19-17(23(3)12-15-9-13(18)11-22(15)2)20-10-16(24)21-14-7-5-4-6-8-14/h9,11,14H,4-8,10,12H2,1-3H3,(H,19,20)(H,21,24). The molecule has 0 atom stereocenters. The van der Waals surface area contributed by atoms with Gasteiger partial charge in [-0.3, -0.25) is 9.79 Å². The van der Waals surface area contributed by atoms with Crippen molar-refractivity contribution in [1.82, 2.24) is 20.1 Å². The Morgan fingerprint density at radius 3 is 2.71 bits per heavy atom. The molecule has 0 unspecified atom stereocenters. The van der Waals surface area contributed by atoms with Crippen molar-refractivity contribution in [2.24, 2.45) is 12.0 Å². The van der Waals surface area contributed by atoms with Crippen molar-refractivity contribution in [2.75, 3.05) is 20.6 Å². The van der Waals surface area contributed by atoms with Crippen LogP contribution in [-0.2, 0) is 18.4 Å². The Hall–Kier alpha value is -1.69. The molecule has 1 saturated carbocycles. The van der Waals surface area contributed by atoms with Crippen LogP contribution in [0.4, 0.5) is 0 Å². The molecule has 0 spiro atoms. The summed E-state index contributed by atoms with van der Waals surface area (Å²) in [5.74, 6) is 0.712. The number of hydrogen-bond acceptors (Lipinski definition) is 2. The fraction of sp³-hybridized carbons (Fsp3) is 0.647. The van der Waals surface area contributed by atoms with E-state index in [-0.39, 0.29) is 12.5 Å². The molecule has 1 amide bonds. The number of aryl methyl sites for hydroxylation is 1. The summed E-state index contributed by atoms with van der Waals surface area (Å²) < 4.78 is 1.99. The normalized spacial score (nSPS) is 16.1. The minimum atomic E-state index is 0.0263. The van der Waals surface area contributed by atoms with Crippen molar-refractivity contribution in [3.8, 4) is 0 Å². The van der Waals surface area contributed by atoms with E-state index in [9.17, 15) is 4.79 Å². The molecule has 2 rings (SSSR count). The fourth-order valence-corrected chi connectivity index (χ4v) is 3.38. The molecule has 1 fully saturated rings. The summed E-state index contributed by atoms with van der Waals surface area (Å²) in [5.41, 5.74) is 1.08. The van der Waals surface area contributed by atoms with Crippen LogP contribution >= 0.6 is 11.6 Å². The van der Waals surface area contributed by atoms with E-state index < -0.39 is 0 Å². The van der Waals surface area contributed by atoms with Crippen molar-refractivity contribution in [3.05, 3.63) is 23.0 Å². The summed E-state index contributed by atoms with van der Waals surface area (Å²) in [6.07, 6.45) is 7.76. The number of halogens is 1. The van der Waals surface area contributed by atoms with Crippen LogP contribution in [-0.4, -0.2) is 48.0 Å². The molecule has 1 aromatic rings. The topological polar surface area (TPSA) is 61.7 Å². The Labute approximate surface area is 149 Å². The van der Waals surface area contributed by atoms with Gasteiger partial charge in [-0.2, -0.15) is 0 Å². The van der Waals surface area contributed by atoms with Crippen LogP contribution in [0.5, 0.6) is 0 Å².